The van der Waals surface area contributed by atoms with Crippen LogP contribution in [-0.2, 0) is 11.0 Å². The molecule has 0 fully saturated rings. The Hall–Kier alpha value is -2.83. The first kappa shape index (κ1) is 17.5. The summed E-state index contributed by atoms with van der Waals surface area (Å²) in [4.78, 5) is 11.9. The number of alkyl halides is 3. The van der Waals surface area contributed by atoms with Crippen molar-refractivity contribution in [1.82, 2.24) is 0 Å². The van der Waals surface area contributed by atoms with Crippen molar-refractivity contribution in [3.8, 4) is 0 Å². The summed E-state index contributed by atoms with van der Waals surface area (Å²) in [7, 11) is 0. The predicted octanol–water partition coefficient (Wildman–Crippen LogP) is 4.52. The van der Waals surface area contributed by atoms with Crippen molar-refractivity contribution in [2.75, 3.05) is 10.7 Å². The quantitative estimate of drug-likeness (QED) is 0.623. The van der Waals surface area contributed by atoms with Gasteiger partial charge in [0.05, 0.1) is 17.7 Å². The fraction of sp³-hybridized carbons (Fsp3) is 0.176. The molecule has 126 valence electrons. The summed E-state index contributed by atoms with van der Waals surface area (Å²) in [6.45, 7) is 1.65. The molecule has 0 atom stereocenters. The standard InChI is InChI=1S/C17H16F3N3O/c1-12(22-23-14-7-3-2-4-8-14)10-16(24)21-15-9-5-6-13(11-15)17(18,19)20/h2-9,11,23H,10H2,1H3,(H,21,24)/b22-12+. The van der Waals surface area contributed by atoms with Crippen LogP contribution in [-0.4, -0.2) is 11.6 Å². The molecular weight excluding hydrogens is 319 g/mol. The number of halogens is 3. The van der Waals surface area contributed by atoms with Gasteiger partial charge in [-0.3, -0.25) is 10.2 Å². The first-order chi connectivity index (χ1) is 11.3. The maximum atomic E-state index is 12.6. The number of hydrogen-bond acceptors (Lipinski definition) is 3. The van der Waals surface area contributed by atoms with E-state index in [9.17, 15) is 18.0 Å². The van der Waals surface area contributed by atoms with Gasteiger partial charge in [0.15, 0.2) is 0 Å². The average molecular weight is 335 g/mol. The van der Waals surface area contributed by atoms with E-state index in [1.54, 1.807) is 6.92 Å². The van der Waals surface area contributed by atoms with Crippen molar-refractivity contribution in [2.24, 2.45) is 5.10 Å². The summed E-state index contributed by atoms with van der Waals surface area (Å²) < 4.78 is 37.9. The predicted molar refractivity (Wildman–Crippen MR) is 87.9 cm³/mol. The average Bonchev–Trinajstić information content (AvgIpc) is 2.53. The summed E-state index contributed by atoms with van der Waals surface area (Å²) in [5.74, 6) is -0.439. The van der Waals surface area contributed by atoms with Gasteiger partial charge in [-0.1, -0.05) is 24.3 Å². The third-order valence-electron chi connectivity index (χ3n) is 3.04. The van der Waals surface area contributed by atoms with Crippen LogP contribution in [0.4, 0.5) is 24.5 Å². The third-order valence-corrected chi connectivity index (χ3v) is 3.04. The smallest absolute Gasteiger partial charge is 0.326 e. The number of rotatable bonds is 5. The molecule has 0 spiro atoms. The minimum Gasteiger partial charge on any atom is -0.326 e. The van der Waals surface area contributed by atoms with Gasteiger partial charge in [-0.2, -0.15) is 18.3 Å². The number of nitrogens with one attached hydrogen (secondary N) is 2. The zero-order valence-electron chi connectivity index (χ0n) is 12.9. The topological polar surface area (TPSA) is 53.5 Å². The van der Waals surface area contributed by atoms with Gasteiger partial charge in [0.1, 0.15) is 0 Å². The second-order valence-corrected chi connectivity index (χ2v) is 5.13. The summed E-state index contributed by atoms with van der Waals surface area (Å²) in [5.41, 5.74) is 3.37. The lowest BCUT2D eigenvalue weighted by Crippen LogP contribution is -2.16. The van der Waals surface area contributed by atoms with Gasteiger partial charge in [-0.25, -0.2) is 0 Å². The minimum atomic E-state index is -4.45. The van der Waals surface area contributed by atoms with E-state index in [1.807, 2.05) is 30.3 Å². The van der Waals surface area contributed by atoms with E-state index in [1.165, 1.54) is 12.1 Å². The van der Waals surface area contributed by atoms with E-state index in [-0.39, 0.29) is 12.1 Å². The van der Waals surface area contributed by atoms with E-state index in [0.717, 1.165) is 17.8 Å². The Morgan fingerprint density at radius 3 is 2.38 bits per heavy atom. The highest BCUT2D eigenvalue weighted by Gasteiger charge is 2.30. The van der Waals surface area contributed by atoms with Crippen LogP contribution in [0.5, 0.6) is 0 Å². The molecule has 2 aromatic rings. The SMILES string of the molecule is C/C(CC(=O)Nc1cccc(C(F)(F)F)c1)=N\Nc1ccccc1. The number of carbonyl (C=O) groups is 1. The van der Waals surface area contributed by atoms with Gasteiger partial charge in [0.25, 0.3) is 0 Å². The number of amides is 1. The van der Waals surface area contributed by atoms with E-state index >= 15 is 0 Å². The van der Waals surface area contributed by atoms with E-state index in [2.05, 4.69) is 15.8 Å². The zero-order chi connectivity index (χ0) is 17.6. The highest BCUT2D eigenvalue weighted by atomic mass is 19.4. The number of para-hydroxylation sites is 1. The number of carbonyl (C=O) groups excluding carboxylic acids is 1. The molecule has 0 bridgehead atoms. The largest absolute Gasteiger partial charge is 0.416 e. The van der Waals surface area contributed by atoms with Crippen LogP contribution in [0.1, 0.15) is 18.9 Å². The second-order valence-electron chi connectivity index (χ2n) is 5.13. The molecule has 2 N–H and O–H groups in total. The van der Waals surface area contributed by atoms with Crippen molar-refractivity contribution in [3.63, 3.8) is 0 Å². The summed E-state index contributed by atoms with van der Waals surface area (Å²) in [6.07, 6.45) is -4.48. The van der Waals surface area contributed by atoms with Crippen LogP contribution in [0.2, 0.25) is 0 Å². The minimum absolute atomic E-state index is 0.0317. The molecule has 0 heterocycles. The zero-order valence-corrected chi connectivity index (χ0v) is 12.9. The molecule has 2 aromatic carbocycles. The van der Waals surface area contributed by atoms with Gasteiger partial charge >= 0.3 is 6.18 Å². The van der Waals surface area contributed by atoms with Crippen molar-refractivity contribution >= 4 is 23.0 Å². The summed E-state index contributed by atoms with van der Waals surface area (Å²) in [6, 6.07) is 13.7. The highest BCUT2D eigenvalue weighted by molar-refractivity contribution is 6.05. The molecule has 7 heteroatoms. The Labute approximate surface area is 137 Å². The number of hydrogen-bond donors (Lipinski definition) is 2. The van der Waals surface area contributed by atoms with E-state index in [4.69, 9.17) is 0 Å². The molecule has 0 radical (unpaired) electrons. The molecule has 4 nitrogen and oxygen atoms in total. The van der Waals surface area contributed by atoms with Gasteiger partial charge < -0.3 is 5.32 Å². The molecular formula is C17H16F3N3O. The monoisotopic (exact) mass is 335 g/mol. The molecule has 0 unspecified atom stereocenters. The fourth-order valence-electron chi connectivity index (χ4n) is 1.92. The lowest BCUT2D eigenvalue weighted by atomic mass is 10.2. The Morgan fingerprint density at radius 2 is 1.71 bits per heavy atom. The third kappa shape index (κ3) is 5.42. The van der Waals surface area contributed by atoms with Crippen molar-refractivity contribution < 1.29 is 18.0 Å². The molecule has 0 saturated carbocycles. The van der Waals surface area contributed by atoms with Crippen LogP contribution in [0.15, 0.2) is 59.7 Å². The molecule has 1 amide bonds. The molecule has 0 aromatic heterocycles. The maximum Gasteiger partial charge on any atom is 0.416 e. The molecule has 0 aliphatic rings. The number of nitrogens with zero attached hydrogens (tertiary/aromatic N) is 1. The Morgan fingerprint density at radius 1 is 1.04 bits per heavy atom. The van der Waals surface area contributed by atoms with Crippen LogP contribution in [0.3, 0.4) is 0 Å². The van der Waals surface area contributed by atoms with E-state index < -0.39 is 17.6 Å². The number of hydrazone groups is 1. The number of benzene rings is 2. The van der Waals surface area contributed by atoms with Gasteiger partial charge in [0.2, 0.25) is 5.91 Å². The van der Waals surface area contributed by atoms with Crippen molar-refractivity contribution in [3.05, 3.63) is 60.2 Å². The molecule has 0 aliphatic carbocycles. The molecule has 0 saturated heterocycles. The highest BCUT2D eigenvalue weighted by Crippen LogP contribution is 2.30. The maximum absolute atomic E-state index is 12.6. The molecule has 0 aliphatic heterocycles. The van der Waals surface area contributed by atoms with Gasteiger partial charge in [-0.15, -0.1) is 0 Å². The Balaban J connectivity index is 1.93. The second kappa shape index (κ2) is 7.63. The van der Waals surface area contributed by atoms with Crippen LogP contribution >= 0.6 is 0 Å². The Bertz CT molecular complexity index is 727. The first-order valence-electron chi connectivity index (χ1n) is 7.16. The van der Waals surface area contributed by atoms with E-state index in [0.29, 0.717) is 5.71 Å². The van der Waals surface area contributed by atoms with Crippen LogP contribution in [0, 0.1) is 0 Å². The molecule has 2 rings (SSSR count). The number of anilines is 2. The first-order valence-corrected chi connectivity index (χ1v) is 7.16. The normalized spacial score (nSPS) is 11.9. The Kier molecular flexibility index (Phi) is 5.57. The lowest BCUT2D eigenvalue weighted by molar-refractivity contribution is -0.137. The van der Waals surface area contributed by atoms with Crippen molar-refractivity contribution in [1.29, 1.82) is 0 Å². The van der Waals surface area contributed by atoms with Crippen LogP contribution < -0.4 is 10.7 Å². The van der Waals surface area contributed by atoms with Gasteiger partial charge in [0, 0.05) is 11.4 Å². The van der Waals surface area contributed by atoms with Crippen LogP contribution in [0.25, 0.3) is 0 Å². The summed E-state index contributed by atoms with van der Waals surface area (Å²) >= 11 is 0. The van der Waals surface area contributed by atoms with Gasteiger partial charge in [-0.05, 0) is 37.3 Å². The van der Waals surface area contributed by atoms with Crippen molar-refractivity contribution in [2.45, 2.75) is 19.5 Å². The fourth-order valence-corrected chi connectivity index (χ4v) is 1.92. The lowest BCUT2D eigenvalue weighted by Gasteiger charge is -2.10. The molecule has 24 heavy (non-hydrogen) atoms. The summed E-state index contributed by atoms with van der Waals surface area (Å²) in [5, 5.41) is 6.49.